The van der Waals surface area contributed by atoms with Gasteiger partial charge in [-0.15, -0.1) is 0 Å². The van der Waals surface area contributed by atoms with Crippen molar-refractivity contribution in [2.75, 3.05) is 5.32 Å². The van der Waals surface area contributed by atoms with E-state index in [1.54, 1.807) is 0 Å². The fourth-order valence-corrected chi connectivity index (χ4v) is 1.62. The number of hydrogen-bond acceptors (Lipinski definition) is 3. The summed E-state index contributed by atoms with van der Waals surface area (Å²) in [4.78, 5) is 8.95. The monoisotopic (exact) mass is 227 g/mol. The lowest BCUT2D eigenvalue weighted by molar-refractivity contribution is 0.943. The largest absolute Gasteiger partial charge is 0.324 e. The van der Waals surface area contributed by atoms with Crippen LogP contribution in [-0.2, 0) is 12.8 Å². The Hall–Kier alpha value is -1.90. The van der Waals surface area contributed by atoms with Gasteiger partial charge in [-0.25, -0.2) is 9.97 Å². The zero-order valence-corrected chi connectivity index (χ0v) is 10.3. The van der Waals surface area contributed by atoms with Crippen molar-refractivity contribution in [3.05, 3.63) is 47.8 Å². The van der Waals surface area contributed by atoms with Crippen LogP contribution in [0.1, 0.15) is 25.2 Å². The molecule has 0 spiro atoms. The van der Waals surface area contributed by atoms with Gasteiger partial charge in [-0.2, -0.15) is 0 Å². The predicted molar refractivity (Wildman–Crippen MR) is 70.5 cm³/mol. The van der Waals surface area contributed by atoms with Crippen LogP contribution in [0.25, 0.3) is 0 Å². The Morgan fingerprint density at radius 1 is 0.941 bits per heavy atom. The van der Waals surface area contributed by atoms with Gasteiger partial charge in [0.2, 0.25) is 5.95 Å². The van der Waals surface area contributed by atoms with Gasteiger partial charge in [0.25, 0.3) is 0 Å². The van der Waals surface area contributed by atoms with Gasteiger partial charge in [-0.05, 0) is 31.0 Å². The van der Waals surface area contributed by atoms with Gasteiger partial charge in [0.15, 0.2) is 0 Å². The average Bonchev–Trinajstić information content (AvgIpc) is 2.39. The third-order valence-corrected chi connectivity index (χ3v) is 2.59. The molecule has 0 saturated heterocycles. The minimum absolute atomic E-state index is 0.687. The molecule has 0 atom stereocenters. The summed E-state index contributed by atoms with van der Waals surface area (Å²) in [5.74, 6) is 0.687. The van der Waals surface area contributed by atoms with Gasteiger partial charge in [0, 0.05) is 17.1 Å². The fraction of sp³-hybridized carbons (Fsp3) is 0.286. The standard InChI is InChI=1S/C14H17N3/c1-3-11-10-12(4-2)16-14(15-11)17-13-8-6-5-7-9-13/h5-10H,3-4H2,1-2H3,(H,15,16,17). The van der Waals surface area contributed by atoms with Gasteiger partial charge < -0.3 is 5.32 Å². The van der Waals surface area contributed by atoms with Gasteiger partial charge in [-0.1, -0.05) is 32.0 Å². The molecule has 1 aromatic heterocycles. The van der Waals surface area contributed by atoms with Crippen molar-refractivity contribution in [1.82, 2.24) is 9.97 Å². The Morgan fingerprint density at radius 2 is 1.53 bits per heavy atom. The minimum atomic E-state index is 0.687. The molecule has 1 aromatic carbocycles. The maximum atomic E-state index is 4.47. The molecule has 1 N–H and O–H groups in total. The summed E-state index contributed by atoms with van der Waals surface area (Å²) in [5.41, 5.74) is 3.17. The van der Waals surface area contributed by atoms with E-state index in [-0.39, 0.29) is 0 Å². The summed E-state index contributed by atoms with van der Waals surface area (Å²) < 4.78 is 0. The molecular formula is C14H17N3. The van der Waals surface area contributed by atoms with Gasteiger partial charge in [0.05, 0.1) is 0 Å². The summed E-state index contributed by atoms with van der Waals surface area (Å²) in [6.45, 7) is 4.21. The van der Waals surface area contributed by atoms with Crippen molar-refractivity contribution < 1.29 is 0 Å². The topological polar surface area (TPSA) is 37.8 Å². The van der Waals surface area contributed by atoms with E-state index >= 15 is 0 Å². The molecule has 0 amide bonds. The van der Waals surface area contributed by atoms with E-state index in [4.69, 9.17) is 0 Å². The van der Waals surface area contributed by atoms with Crippen LogP contribution in [-0.4, -0.2) is 9.97 Å². The lowest BCUT2D eigenvalue weighted by Crippen LogP contribution is -2.02. The fourth-order valence-electron chi connectivity index (χ4n) is 1.62. The highest BCUT2D eigenvalue weighted by Crippen LogP contribution is 2.13. The molecule has 2 rings (SSSR count). The SMILES string of the molecule is CCc1cc(CC)nc(Nc2ccccc2)n1. The number of nitrogens with one attached hydrogen (secondary N) is 1. The Kier molecular flexibility index (Phi) is 3.70. The highest BCUT2D eigenvalue weighted by atomic mass is 15.1. The van der Waals surface area contributed by atoms with Crippen molar-refractivity contribution in [2.45, 2.75) is 26.7 Å². The van der Waals surface area contributed by atoms with Crippen LogP contribution in [0.4, 0.5) is 11.6 Å². The number of aryl methyl sites for hydroxylation is 2. The number of aromatic nitrogens is 2. The average molecular weight is 227 g/mol. The predicted octanol–water partition coefficient (Wildman–Crippen LogP) is 3.35. The molecule has 0 unspecified atom stereocenters. The zero-order valence-electron chi connectivity index (χ0n) is 10.3. The van der Waals surface area contributed by atoms with E-state index in [0.29, 0.717) is 5.95 Å². The lowest BCUT2D eigenvalue weighted by atomic mass is 10.2. The number of benzene rings is 1. The van der Waals surface area contributed by atoms with Crippen molar-refractivity contribution >= 4 is 11.6 Å². The van der Waals surface area contributed by atoms with E-state index in [9.17, 15) is 0 Å². The van der Waals surface area contributed by atoms with Crippen LogP contribution < -0.4 is 5.32 Å². The molecule has 0 bridgehead atoms. The van der Waals surface area contributed by atoms with Crippen LogP contribution in [0, 0.1) is 0 Å². The van der Waals surface area contributed by atoms with Gasteiger partial charge >= 0.3 is 0 Å². The molecule has 0 aliphatic rings. The van der Waals surface area contributed by atoms with Crippen molar-refractivity contribution in [1.29, 1.82) is 0 Å². The smallest absolute Gasteiger partial charge is 0.227 e. The molecule has 1 heterocycles. The van der Waals surface area contributed by atoms with Crippen LogP contribution in [0.2, 0.25) is 0 Å². The quantitative estimate of drug-likeness (QED) is 0.870. The summed E-state index contributed by atoms with van der Waals surface area (Å²) >= 11 is 0. The number of para-hydroxylation sites is 1. The first kappa shape index (κ1) is 11.6. The van der Waals surface area contributed by atoms with E-state index in [1.807, 2.05) is 30.3 Å². The number of rotatable bonds is 4. The second-order valence-corrected chi connectivity index (χ2v) is 3.87. The molecule has 2 aromatic rings. The molecule has 0 radical (unpaired) electrons. The van der Waals surface area contributed by atoms with E-state index < -0.39 is 0 Å². The Labute approximate surface area is 102 Å². The van der Waals surface area contributed by atoms with Crippen molar-refractivity contribution in [3.63, 3.8) is 0 Å². The van der Waals surface area contributed by atoms with E-state index in [0.717, 1.165) is 29.9 Å². The van der Waals surface area contributed by atoms with Crippen molar-refractivity contribution in [3.8, 4) is 0 Å². The molecule has 3 nitrogen and oxygen atoms in total. The Morgan fingerprint density at radius 3 is 2.06 bits per heavy atom. The maximum Gasteiger partial charge on any atom is 0.227 e. The molecular weight excluding hydrogens is 210 g/mol. The molecule has 0 aliphatic heterocycles. The van der Waals surface area contributed by atoms with E-state index in [2.05, 4.69) is 35.2 Å². The molecule has 88 valence electrons. The van der Waals surface area contributed by atoms with Gasteiger partial charge in [-0.3, -0.25) is 0 Å². The molecule has 3 heteroatoms. The molecule has 17 heavy (non-hydrogen) atoms. The zero-order chi connectivity index (χ0) is 12.1. The van der Waals surface area contributed by atoms with E-state index in [1.165, 1.54) is 0 Å². The Bertz CT molecular complexity index is 458. The second-order valence-electron chi connectivity index (χ2n) is 3.87. The summed E-state index contributed by atoms with van der Waals surface area (Å²) in [6, 6.07) is 12.1. The summed E-state index contributed by atoms with van der Waals surface area (Å²) in [5, 5.41) is 3.23. The summed E-state index contributed by atoms with van der Waals surface area (Å²) in [6.07, 6.45) is 1.86. The second kappa shape index (κ2) is 5.43. The van der Waals surface area contributed by atoms with Crippen LogP contribution >= 0.6 is 0 Å². The van der Waals surface area contributed by atoms with Crippen LogP contribution in [0.15, 0.2) is 36.4 Å². The third-order valence-electron chi connectivity index (χ3n) is 2.59. The number of nitrogens with zero attached hydrogens (tertiary/aromatic N) is 2. The van der Waals surface area contributed by atoms with Gasteiger partial charge in [0.1, 0.15) is 0 Å². The minimum Gasteiger partial charge on any atom is -0.324 e. The molecule has 0 aliphatic carbocycles. The van der Waals surface area contributed by atoms with Crippen LogP contribution in [0.3, 0.4) is 0 Å². The van der Waals surface area contributed by atoms with Crippen LogP contribution in [0.5, 0.6) is 0 Å². The number of anilines is 2. The first-order valence-electron chi connectivity index (χ1n) is 6.00. The van der Waals surface area contributed by atoms with Crippen molar-refractivity contribution in [2.24, 2.45) is 0 Å². The molecule has 0 saturated carbocycles. The highest BCUT2D eigenvalue weighted by molar-refractivity contribution is 5.52. The summed E-state index contributed by atoms with van der Waals surface area (Å²) in [7, 11) is 0. The third kappa shape index (κ3) is 3.03. The maximum absolute atomic E-state index is 4.47. The normalized spacial score (nSPS) is 10.2. The number of hydrogen-bond donors (Lipinski definition) is 1. The first-order valence-corrected chi connectivity index (χ1v) is 6.00. The lowest BCUT2D eigenvalue weighted by Gasteiger charge is -2.07. The Balaban J connectivity index is 2.26. The first-order chi connectivity index (χ1) is 8.31. The highest BCUT2D eigenvalue weighted by Gasteiger charge is 2.02. The molecule has 0 fully saturated rings.